The third-order valence-electron chi connectivity index (χ3n) is 3.35. The molecule has 0 fully saturated rings. The second kappa shape index (κ2) is 4.79. The minimum absolute atomic E-state index is 0.475. The monoisotopic (exact) mass is 350 g/mol. The first-order valence-electron chi connectivity index (χ1n) is 6.09. The van der Waals surface area contributed by atoms with Crippen LogP contribution in [0.2, 0.25) is 5.02 Å². The zero-order chi connectivity index (χ0) is 14.4. The van der Waals surface area contributed by atoms with E-state index in [-0.39, 0.29) is 0 Å². The lowest BCUT2D eigenvalue weighted by molar-refractivity contribution is 0.618. The minimum atomic E-state index is 0.475. The molecule has 1 aromatic heterocycles. The molecule has 102 valence electrons. The predicted molar refractivity (Wildman–Crippen MR) is 86.0 cm³/mol. The summed E-state index contributed by atoms with van der Waals surface area (Å²) in [6, 6.07) is 7.26. The van der Waals surface area contributed by atoms with Gasteiger partial charge in [0.1, 0.15) is 5.52 Å². The van der Waals surface area contributed by atoms with Crippen molar-refractivity contribution in [3.8, 4) is 11.5 Å². The third kappa shape index (κ3) is 2.09. The van der Waals surface area contributed by atoms with Gasteiger partial charge in [0.05, 0.1) is 15.1 Å². The summed E-state index contributed by atoms with van der Waals surface area (Å²) >= 11 is 9.75. The summed E-state index contributed by atoms with van der Waals surface area (Å²) in [6.45, 7) is 4.08. The number of aryl methyl sites for hydroxylation is 1. The summed E-state index contributed by atoms with van der Waals surface area (Å²) in [6.07, 6.45) is 0. The Morgan fingerprint density at radius 3 is 2.75 bits per heavy atom. The summed E-state index contributed by atoms with van der Waals surface area (Å²) in [5.41, 5.74) is 10.9. The van der Waals surface area contributed by atoms with Crippen LogP contribution in [0.25, 0.3) is 22.6 Å². The van der Waals surface area contributed by atoms with Gasteiger partial charge in [0, 0.05) is 5.69 Å². The summed E-state index contributed by atoms with van der Waals surface area (Å²) < 4.78 is 6.78. The van der Waals surface area contributed by atoms with E-state index in [1.54, 1.807) is 18.2 Å². The van der Waals surface area contributed by atoms with Gasteiger partial charge in [0.2, 0.25) is 5.89 Å². The van der Waals surface area contributed by atoms with Crippen LogP contribution in [0.4, 0.5) is 5.69 Å². The Kier molecular flexibility index (Phi) is 3.22. The van der Waals surface area contributed by atoms with E-state index in [4.69, 9.17) is 21.8 Å². The number of nitrogen functional groups attached to an aromatic ring is 1. The molecule has 0 radical (unpaired) electrons. The van der Waals surface area contributed by atoms with E-state index in [2.05, 4.69) is 20.9 Å². The predicted octanol–water partition coefficient (Wildman–Crippen LogP) is 5.11. The number of nitrogens with two attached hydrogens (primary N) is 1. The largest absolute Gasteiger partial charge is 0.435 e. The maximum atomic E-state index is 6.19. The maximum absolute atomic E-state index is 6.19. The van der Waals surface area contributed by atoms with Crippen molar-refractivity contribution in [3.05, 3.63) is 44.9 Å². The van der Waals surface area contributed by atoms with Gasteiger partial charge < -0.3 is 10.2 Å². The second-order valence-corrected chi connectivity index (χ2v) is 5.94. The average Bonchev–Trinajstić information content (AvgIpc) is 2.83. The molecule has 5 heteroatoms. The molecular weight excluding hydrogens is 340 g/mol. The topological polar surface area (TPSA) is 52.0 Å². The minimum Gasteiger partial charge on any atom is -0.435 e. The third-order valence-corrected chi connectivity index (χ3v) is 4.63. The van der Waals surface area contributed by atoms with Gasteiger partial charge in [-0.3, -0.25) is 0 Å². The molecule has 0 aliphatic rings. The van der Waals surface area contributed by atoms with Crippen LogP contribution in [0, 0.1) is 13.8 Å². The summed E-state index contributed by atoms with van der Waals surface area (Å²) in [5, 5.41) is 0.565. The molecule has 0 bridgehead atoms. The van der Waals surface area contributed by atoms with E-state index in [9.17, 15) is 0 Å². The second-order valence-electron chi connectivity index (χ2n) is 4.74. The molecular formula is C15H12BrClN2O. The van der Waals surface area contributed by atoms with Gasteiger partial charge in [-0.15, -0.1) is 0 Å². The molecule has 0 saturated heterocycles. The highest BCUT2D eigenvalue weighted by atomic mass is 79.9. The molecule has 0 aliphatic carbocycles. The van der Waals surface area contributed by atoms with Crippen molar-refractivity contribution in [2.45, 2.75) is 13.8 Å². The summed E-state index contributed by atoms with van der Waals surface area (Å²) in [4.78, 5) is 4.51. The highest BCUT2D eigenvalue weighted by Gasteiger charge is 2.16. The van der Waals surface area contributed by atoms with Crippen molar-refractivity contribution in [2.24, 2.45) is 0 Å². The van der Waals surface area contributed by atoms with Crippen LogP contribution in [0.3, 0.4) is 0 Å². The van der Waals surface area contributed by atoms with E-state index in [1.165, 1.54) is 0 Å². The molecule has 20 heavy (non-hydrogen) atoms. The smallest absolute Gasteiger partial charge is 0.228 e. The zero-order valence-electron chi connectivity index (χ0n) is 11.0. The molecule has 0 saturated carbocycles. The van der Waals surface area contributed by atoms with Gasteiger partial charge in [-0.2, -0.15) is 0 Å². The van der Waals surface area contributed by atoms with Crippen LogP contribution in [0.1, 0.15) is 11.1 Å². The quantitative estimate of drug-likeness (QED) is 0.620. The number of nitrogens with zero attached hydrogens (tertiary/aromatic N) is 1. The fraction of sp³-hybridized carbons (Fsp3) is 0.133. The van der Waals surface area contributed by atoms with Crippen molar-refractivity contribution in [1.29, 1.82) is 0 Å². The van der Waals surface area contributed by atoms with Gasteiger partial charge in [-0.05, 0) is 65.2 Å². The summed E-state index contributed by atoms with van der Waals surface area (Å²) in [7, 11) is 0. The van der Waals surface area contributed by atoms with Gasteiger partial charge in [-0.1, -0.05) is 11.6 Å². The SMILES string of the molecule is Cc1cc2nc(-c3cc(N)ccc3Cl)oc2c(Br)c1C. The van der Waals surface area contributed by atoms with Gasteiger partial charge in [0.25, 0.3) is 0 Å². The van der Waals surface area contributed by atoms with E-state index in [1.807, 2.05) is 19.9 Å². The van der Waals surface area contributed by atoms with Gasteiger partial charge in [0.15, 0.2) is 5.58 Å². The fourth-order valence-electron chi connectivity index (χ4n) is 2.07. The highest BCUT2D eigenvalue weighted by Crippen LogP contribution is 2.36. The van der Waals surface area contributed by atoms with Crippen LogP contribution in [-0.4, -0.2) is 4.98 Å². The lowest BCUT2D eigenvalue weighted by atomic mass is 10.1. The molecule has 0 unspecified atom stereocenters. The number of oxazole rings is 1. The van der Waals surface area contributed by atoms with E-state index in [0.717, 1.165) is 26.7 Å². The molecule has 0 spiro atoms. The van der Waals surface area contributed by atoms with Crippen LogP contribution in [0.5, 0.6) is 0 Å². The first-order valence-corrected chi connectivity index (χ1v) is 7.26. The van der Waals surface area contributed by atoms with Crippen LogP contribution in [0.15, 0.2) is 33.2 Å². The van der Waals surface area contributed by atoms with Crippen molar-refractivity contribution >= 4 is 44.3 Å². The molecule has 3 rings (SSSR count). The number of hydrogen-bond acceptors (Lipinski definition) is 3. The molecule has 3 aromatic rings. The number of aromatic nitrogens is 1. The van der Waals surface area contributed by atoms with Crippen molar-refractivity contribution in [3.63, 3.8) is 0 Å². The maximum Gasteiger partial charge on any atom is 0.228 e. The van der Waals surface area contributed by atoms with E-state index < -0.39 is 0 Å². The normalized spacial score (nSPS) is 11.2. The Morgan fingerprint density at radius 1 is 1.25 bits per heavy atom. The number of halogens is 2. The van der Waals surface area contributed by atoms with Gasteiger partial charge >= 0.3 is 0 Å². The Hall–Kier alpha value is -1.52. The first-order chi connectivity index (χ1) is 9.47. The summed E-state index contributed by atoms with van der Waals surface area (Å²) in [5.74, 6) is 0.475. The van der Waals surface area contributed by atoms with Crippen molar-refractivity contribution in [1.82, 2.24) is 4.98 Å². The molecule has 0 aliphatic heterocycles. The molecule has 2 aromatic carbocycles. The molecule has 3 nitrogen and oxygen atoms in total. The number of rotatable bonds is 1. The zero-order valence-corrected chi connectivity index (χ0v) is 13.3. The molecule has 0 amide bonds. The Bertz CT molecular complexity index is 826. The van der Waals surface area contributed by atoms with Crippen LogP contribution >= 0.6 is 27.5 Å². The van der Waals surface area contributed by atoms with Crippen LogP contribution < -0.4 is 5.73 Å². The standard InChI is InChI=1S/C15H12BrClN2O/c1-7-5-12-14(13(16)8(7)2)20-15(19-12)10-6-9(18)3-4-11(10)17/h3-6H,18H2,1-2H3. The lowest BCUT2D eigenvalue weighted by Crippen LogP contribution is -1.86. The molecule has 1 heterocycles. The Labute approximate surface area is 129 Å². The number of hydrogen-bond donors (Lipinski definition) is 1. The first kappa shape index (κ1) is 13.5. The fourth-order valence-corrected chi connectivity index (χ4v) is 2.86. The Morgan fingerprint density at radius 2 is 2.00 bits per heavy atom. The molecule has 0 atom stereocenters. The lowest BCUT2D eigenvalue weighted by Gasteiger charge is -2.02. The van der Waals surface area contributed by atoms with E-state index >= 15 is 0 Å². The Balaban J connectivity index is 2.28. The van der Waals surface area contributed by atoms with E-state index in [0.29, 0.717) is 22.2 Å². The van der Waals surface area contributed by atoms with Crippen molar-refractivity contribution in [2.75, 3.05) is 5.73 Å². The van der Waals surface area contributed by atoms with Crippen LogP contribution in [-0.2, 0) is 0 Å². The van der Waals surface area contributed by atoms with Crippen molar-refractivity contribution < 1.29 is 4.42 Å². The highest BCUT2D eigenvalue weighted by molar-refractivity contribution is 9.10. The number of anilines is 1. The average molecular weight is 352 g/mol. The van der Waals surface area contributed by atoms with Gasteiger partial charge in [-0.25, -0.2) is 4.98 Å². The number of fused-ring (bicyclic) bond motifs is 1. The molecule has 2 N–H and O–H groups in total. The number of benzene rings is 2.